The summed E-state index contributed by atoms with van der Waals surface area (Å²) in [7, 11) is 0. The van der Waals surface area contributed by atoms with E-state index >= 15 is 0 Å². The van der Waals surface area contributed by atoms with Crippen LogP contribution in [0.25, 0.3) is 22.3 Å². The molecule has 0 radical (unpaired) electrons. The summed E-state index contributed by atoms with van der Waals surface area (Å²) in [6.07, 6.45) is 3.84. The standard InChI is InChI=1S/C34H38FN3O4/c1-21(2)19-38-34(40)26-15-24(16-28(18-26)41-13-11-22-4-3-12-37-20-22)14-23-5-10-30-29(17-23)31(33(36)39)32(42-30)25-6-8-27(35)9-7-25/h5-10,15-18,21-22,37H,3-4,11-14,19-20H2,1-2H3,(H2,36,39)(H,38,40). The van der Waals surface area contributed by atoms with Gasteiger partial charge >= 0.3 is 0 Å². The smallest absolute Gasteiger partial charge is 0.253 e. The molecule has 8 heteroatoms. The normalized spacial score (nSPS) is 15.2. The topological polar surface area (TPSA) is 107 Å². The van der Waals surface area contributed by atoms with Gasteiger partial charge in [-0.1, -0.05) is 19.9 Å². The first-order valence-electron chi connectivity index (χ1n) is 14.6. The van der Waals surface area contributed by atoms with E-state index in [-0.39, 0.29) is 17.3 Å². The highest BCUT2D eigenvalue weighted by atomic mass is 19.1. The van der Waals surface area contributed by atoms with Crippen LogP contribution in [0.3, 0.4) is 0 Å². The van der Waals surface area contributed by atoms with Crippen LogP contribution in [0.15, 0.2) is 65.1 Å². The third kappa shape index (κ3) is 7.18. The van der Waals surface area contributed by atoms with Gasteiger partial charge in [-0.15, -0.1) is 0 Å². The summed E-state index contributed by atoms with van der Waals surface area (Å²) in [4.78, 5) is 25.5. The minimum Gasteiger partial charge on any atom is -0.494 e. The van der Waals surface area contributed by atoms with Crippen LogP contribution in [0.5, 0.6) is 5.75 Å². The fraction of sp³-hybridized carbons (Fsp3) is 0.353. The molecule has 2 amide bonds. The zero-order chi connectivity index (χ0) is 29.6. The number of carbonyl (C=O) groups excluding carboxylic acids is 2. The summed E-state index contributed by atoms with van der Waals surface area (Å²) >= 11 is 0. The predicted molar refractivity (Wildman–Crippen MR) is 162 cm³/mol. The van der Waals surface area contributed by atoms with E-state index in [9.17, 15) is 14.0 Å². The van der Waals surface area contributed by atoms with E-state index in [0.29, 0.717) is 65.0 Å². The molecule has 7 nitrogen and oxygen atoms in total. The molecule has 220 valence electrons. The number of ether oxygens (including phenoxy) is 1. The van der Waals surface area contributed by atoms with Crippen LogP contribution in [-0.2, 0) is 6.42 Å². The van der Waals surface area contributed by atoms with E-state index in [2.05, 4.69) is 24.5 Å². The van der Waals surface area contributed by atoms with Gasteiger partial charge in [-0.3, -0.25) is 9.59 Å². The molecule has 1 aliphatic rings. The molecule has 1 aromatic heterocycles. The number of hydrogen-bond donors (Lipinski definition) is 3. The van der Waals surface area contributed by atoms with Crippen molar-refractivity contribution in [2.24, 2.45) is 17.6 Å². The van der Waals surface area contributed by atoms with Gasteiger partial charge in [0.05, 0.1) is 12.2 Å². The summed E-state index contributed by atoms with van der Waals surface area (Å²) in [5.41, 5.74) is 9.47. The lowest BCUT2D eigenvalue weighted by Gasteiger charge is -2.22. The van der Waals surface area contributed by atoms with Gasteiger partial charge < -0.3 is 25.5 Å². The number of fused-ring (bicyclic) bond motifs is 1. The summed E-state index contributed by atoms with van der Waals surface area (Å²) in [6, 6.07) is 17.0. The summed E-state index contributed by atoms with van der Waals surface area (Å²) in [5, 5.41) is 7.03. The number of amides is 2. The quantitative estimate of drug-likeness (QED) is 0.202. The third-order valence-corrected chi connectivity index (χ3v) is 7.61. The van der Waals surface area contributed by atoms with Crippen LogP contribution in [-0.4, -0.2) is 38.1 Å². The van der Waals surface area contributed by atoms with E-state index in [4.69, 9.17) is 14.9 Å². The molecule has 0 bridgehead atoms. The van der Waals surface area contributed by atoms with Gasteiger partial charge in [0.2, 0.25) is 0 Å². The van der Waals surface area contributed by atoms with Crippen molar-refractivity contribution in [3.05, 3.63) is 88.7 Å². The van der Waals surface area contributed by atoms with Crippen LogP contribution in [0.2, 0.25) is 0 Å². The molecular formula is C34H38FN3O4. The van der Waals surface area contributed by atoms with Crippen LogP contribution in [0, 0.1) is 17.7 Å². The molecule has 2 heterocycles. The summed E-state index contributed by atoms with van der Waals surface area (Å²) in [5.74, 6) is 0.742. The van der Waals surface area contributed by atoms with Gasteiger partial charge in [-0.2, -0.15) is 0 Å². The van der Waals surface area contributed by atoms with Crippen molar-refractivity contribution in [2.75, 3.05) is 26.2 Å². The van der Waals surface area contributed by atoms with Crippen LogP contribution < -0.4 is 21.1 Å². The van der Waals surface area contributed by atoms with Crippen molar-refractivity contribution < 1.29 is 23.1 Å². The van der Waals surface area contributed by atoms with E-state index in [1.165, 1.54) is 25.0 Å². The SMILES string of the molecule is CC(C)CNC(=O)c1cc(Cc2ccc3oc(-c4ccc(F)cc4)c(C(N)=O)c3c2)cc(OCCC2CCCNC2)c1. The van der Waals surface area contributed by atoms with E-state index < -0.39 is 5.91 Å². The summed E-state index contributed by atoms with van der Waals surface area (Å²) in [6.45, 7) is 7.36. The zero-order valence-electron chi connectivity index (χ0n) is 24.2. The Balaban J connectivity index is 1.42. The number of rotatable bonds is 11. The van der Waals surface area contributed by atoms with Gasteiger partial charge in [0.15, 0.2) is 0 Å². The molecule has 4 aromatic rings. The van der Waals surface area contributed by atoms with Gasteiger partial charge in [0, 0.05) is 23.1 Å². The van der Waals surface area contributed by atoms with Crippen molar-refractivity contribution in [2.45, 2.75) is 39.5 Å². The molecule has 5 rings (SSSR count). The predicted octanol–water partition coefficient (Wildman–Crippen LogP) is 6.08. The first-order valence-corrected chi connectivity index (χ1v) is 14.6. The Bertz CT molecular complexity index is 1560. The molecule has 4 N–H and O–H groups in total. The number of carbonyl (C=O) groups is 2. The van der Waals surface area contributed by atoms with Gasteiger partial charge in [-0.25, -0.2) is 4.39 Å². The minimum absolute atomic E-state index is 0.142. The number of furan rings is 1. The maximum absolute atomic E-state index is 13.5. The second-order valence-electron chi connectivity index (χ2n) is 11.5. The number of hydrogen-bond acceptors (Lipinski definition) is 5. The fourth-order valence-corrected chi connectivity index (χ4v) is 5.43. The Labute approximate surface area is 245 Å². The number of primary amides is 1. The molecule has 1 unspecified atom stereocenters. The van der Waals surface area contributed by atoms with Crippen molar-refractivity contribution in [1.82, 2.24) is 10.6 Å². The molecular weight excluding hydrogens is 533 g/mol. The lowest BCUT2D eigenvalue weighted by molar-refractivity contribution is 0.0947. The third-order valence-electron chi connectivity index (χ3n) is 7.61. The Morgan fingerprint density at radius 2 is 1.90 bits per heavy atom. The molecule has 1 saturated heterocycles. The van der Waals surface area contributed by atoms with E-state index in [1.807, 2.05) is 24.3 Å². The van der Waals surface area contributed by atoms with E-state index in [0.717, 1.165) is 30.6 Å². The average molecular weight is 572 g/mol. The van der Waals surface area contributed by atoms with Crippen molar-refractivity contribution in [1.29, 1.82) is 0 Å². The second kappa shape index (κ2) is 13.2. The zero-order valence-corrected chi connectivity index (χ0v) is 24.2. The van der Waals surface area contributed by atoms with Gasteiger partial charge in [-0.05, 0) is 116 Å². The first kappa shape index (κ1) is 29.3. The molecule has 1 fully saturated rings. The van der Waals surface area contributed by atoms with Crippen LogP contribution in [0.1, 0.15) is 65.0 Å². The highest BCUT2D eigenvalue weighted by Gasteiger charge is 2.21. The maximum atomic E-state index is 13.5. The van der Waals surface area contributed by atoms with E-state index in [1.54, 1.807) is 24.3 Å². The number of benzene rings is 3. The second-order valence-corrected chi connectivity index (χ2v) is 11.5. The number of halogens is 1. The lowest BCUT2D eigenvalue weighted by Crippen LogP contribution is -2.30. The highest BCUT2D eigenvalue weighted by molar-refractivity contribution is 6.10. The van der Waals surface area contributed by atoms with Crippen LogP contribution in [0.4, 0.5) is 4.39 Å². The molecule has 1 atom stereocenters. The van der Waals surface area contributed by atoms with Crippen molar-refractivity contribution in [3.63, 3.8) is 0 Å². The van der Waals surface area contributed by atoms with Crippen molar-refractivity contribution >= 4 is 22.8 Å². The first-order chi connectivity index (χ1) is 20.3. The average Bonchev–Trinajstić information content (AvgIpc) is 3.36. The Morgan fingerprint density at radius 1 is 1.10 bits per heavy atom. The Morgan fingerprint density at radius 3 is 2.62 bits per heavy atom. The Kier molecular flexibility index (Phi) is 9.22. The van der Waals surface area contributed by atoms with Crippen molar-refractivity contribution in [3.8, 4) is 17.1 Å². The molecule has 0 saturated carbocycles. The number of piperidine rings is 1. The molecule has 42 heavy (non-hydrogen) atoms. The molecule has 3 aromatic carbocycles. The Hall–Kier alpha value is -4.17. The largest absolute Gasteiger partial charge is 0.494 e. The van der Waals surface area contributed by atoms with Gasteiger partial charge in [0.1, 0.15) is 22.9 Å². The monoisotopic (exact) mass is 571 g/mol. The lowest BCUT2D eigenvalue weighted by atomic mass is 9.97. The highest BCUT2D eigenvalue weighted by Crippen LogP contribution is 2.34. The fourth-order valence-electron chi connectivity index (χ4n) is 5.43. The number of nitrogens with two attached hydrogens (primary N) is 1. The molecule has 0 aliphatic carbocycles. The summed E-state index contributed by atoms with van der Waals surface area (Å²) < 4.78 is 25.7. The number of nitrogens with one attached hydrogen (secondary N) is 2. The van der Waals surface area contributed by atoms with Crippen LogP contribution >= 0.6 is 0 Å². The van der Waals surface area contributed by atoms with Gasteiger partial charge in [0.25, 0.3) is 11.8 Å². The minimum atomic E-state index is -0.627. The maximum Gasteiger partial charge on any atom is 0.253 e. The molecule has 0 spiro atoms. The molecule has 1 aliphatic heterocycles.